The van der Waals surface area contributed by atoms with Gasteiger partial charge in [-0.2, -0.15) is 0 Å². The fraction of sp³-hybridized carbons (Fsp3) is 0.500. The minimum atomic E-state index is -0.116. The Balaban J connectivity index is 1.56. The number of hydrogen-bond donors (Lipinski definition) is 2. The third-order valence-electron chi connectivity index (χ3n) is 7.88. The van der Waals surface area contributed by atoms with Crippen LogP contribution in [0.4, 0.5) is 0 Å². The van der Waals surface area contributed by atoms with E-state index in [-0.39, 0.29) is 11.5 Å². The summed E-state index contributed by atoms with van der Waals surface area (Å²) in [6, 6.07) is 14.5. The van der Waals surface area contributed by atoms with Crippen LogP contribution >= 0.6 is 0 Å². The van der Waals surface area contributed by atoms with E-state index in [9.17, 15) is 10.2 Å². The molecule has 2 aromatic carbocycles. The largest absolute Gasteiger partial charge is 0.507 e. The summed E-state index contributed by atoms with van der Waals surface area (Å²) in [5, 5.41) is 21.2. The lowest BCUT2D eigenvalue weighted by atomic mass is 9.55. The number of phenolic OH excluding ortho intramolecular Hbond substituents is 1. The van der Waals surface area contributed by atoms with E-state index in [0.29, 0.717) is 23.5 Å². The number of aryl methyl sites for hydroxylation is 1. The molecular weight excluding hydrogens is 320 g/mol. The molecule has 2 heteroatoms. The molecule has 0 amide bonds. The summed E-state index contributed by atoms with van der Waals surface area (Å²) < 4.78 is 0. The van der Waals surface area contributed by atoms with Gasteiger partial charge in [0.2, 0.25) is 0 Å². The zero-order chi connectivity index (χ0) is 17.9. The quantitative estimate of drug-likeness (QED) is 0.736. The van der Waals surface area contributed by atoms with Crippen molar-refractivity contribution in [1.82, 2.24) is 0 Å². The molecular formula is C24H28O2. The van der Waals surface area contributed by atoms with Crippen LogP contribution in [0.3, 0.4) is 0 Å². The van der Waals surface area contributed by atoms with E-state index in [4.69, 9.17) is 0 Å². The molecule has 136 valence electrons. The average molecular weight is 348 g/mol. The van der Waals surface area contributed by atoms with Gasteiger partial charge in [-0.25, -0.2) is 0 Å². The maximum Gasteiger partial charge on any atom is 0.123 e. The Morgan fingerprint density at radius 1 is 1.00 bits per heavy atom. The van der Waals surface area contributed by atoms with Gasteiger partial charge in [0, 0.05) is 5.56 Å². The minimum Gasteiger partial charge on any atom is -0.507 e. The number of phenols is 1. The average Bonchev–Trinajstić information content (AvgIpc) is 2.96. The molecule has 0 unspecified atom stereocenters. The monoisotopic (exact) mass is 348 g/mol. The van der Waals surface area contributed by atoms with Crippen LogP contribution in [0.25, 0.3) is 11.1 Å². The second-order valence-corrected chi connectivity index (χ2v) is 8.99. The number of rotatable bonds is 1. The van der Waals surface area contributed by atoms with Gasteiger partial charge in [0.25, 0.3) is 0 Å². The van der Waals surface area contributed by atoms with Crippen LogP contribution in [0.5, 0.6) is 5.75 Å². The molecule has 2 nitrogen and oxygen atoms in total. The lowest BCUT2D eigenvalue weighted by Crippen LogP contribution is -2.43. The molecule has 3 aliphatic rings. The van der Waals surface area contributed by atoms with Crippen molar-refractivity contribution in [3.8, 4) is 16.9 Å². The van der Waals surface area contributed by atoms with E-state index in [0.717, 1.165) is 30.4 Å². The molecule has 0 saturated heterocycles. The molecule has 0 bridgehead atoms. The number of hydrogen-bond acceptors (Lipinski definition) is 2. The predicted octanol–water partition coefficient (Wildman–Crippen LogP) is 5.28. The highest BCUT2D eigenvalue weighted by Gasteiger charge is 2.54. The van der Waals surface area contributed by atoms with Crippen LogP contribution in [0.1, 0.15) is 56.1 Å². The molecule has 2 fully saturated rings. The van der Waals surface area contributed by atoms with Crippen LogP contribution in [0.2, 0.25) is 0 Å². The van der Waals surface area contributed by atoms with Crippen LogP contribution in [-0.2, 0) is 6.42 Å². The molecule has 0 radical (unpaired) electrons. The fourth-order valence-electron chi connectivity index (χ4n) is 6.43. The van der Waals surface area contributed by atoms with Crippen molar-refractivity contribution in [3.63, 3.8) is 0 Å². The van der Waals surface area contributed by atoms with Gasteiger partial charge in [0.15, 0.2) is 0 Å². The molecule has 3 aliphatic carbocycles. The van der Waals surface area contributed by atoms with Crippen molar-refractivity contribution in [2.75, 3.05) is 0 Å². The van der Waals surface area contributed by atoms with E-state index in [1.165, 1.54) is 30.4 Å². The van der Waals surface area contributed by atoms with Gasteiger partial charge in [-0.1, -0.05) is 37.3 Å². The summed E-state index contributed by atoms with van der Waals surface area (Å²) in [5.41, 5.74) is 4.97. The zero-order valence-corrected chi connectivity index (χ0v) is 15.5. The zero-order valence-electron chi connectivity index (χ0n) is 15.5. The third kappa shape index (κ3) is 2.28. The number of aromatic hydroxyl groups is 1. The van der Waals surface area contributed by atoms with Crippen molar-refractivity contribution in [1.29, 1.82) is 0 Å². The molecule has 0 spiro atoms. The highest BCUT2D eigenvalue weighted by Crippen LogP contribution is 2.61. The van der Waals surface area contributed by atoms with Crippen molar-refractivity contribution in [3.05, 3.63) is 53.6 Å². The van der Waals surface area contributed by atoms with Gasteiger partial charge in [-0.3, -0.25) is 0 Å². The summed E-state index contributed by atoms with van der Waals surface area (Å²) in [7, 11) is 0. The second-order valence-electron chi connectivity index (χ2n) is 8.99. The van der Waals surface area contributed by atoms with Gasteiger partial charge in [-0.15, -0.1) is 0 Å². The summed E-state index contributed by atoms with van der Waals surface area (Å²) in [6.07, 6.45) is 6.59. The van der Waals surface area contributed by atoms with Gasteiger partial charge >= 0.3 is 0 Å². The summed E-state index contributed by atoms with van der Waals surface area (Å²) in [4.78, 5) is 0. The first-order valence-electron chi connectivity index (χ1n) is 10.2. The maximum atomic E-state index is 10.6. The molecule has 5 atom stereocenters. The third-order valence-corrected chi connectivity index (χ3v) is 7.88. The van der Waals surface area contributed by atoms with E-state index in [2.05, 4.69) is 25.1 Å². The Hall–Kier alpha value is -1.80. The van der Waals surface area contributed by atoms with Crippen molar-refractivity contribution in [2.45, 2.75) is 57.5 Å². The van der Waals surface area contributed by atoms with Gasteiger partial charge in [-0.05, 0) is 90.5 Å². The summed E-state index contributed by atoms with van der Waals surface area (Å²) >= 11 is 0. The van der Waals surface area contributed by atoms with Crippen LogP contribution < -0.4 is 0 Å². The van der Waals surface area contributed by atoms with E-state index in [1.54, 1.807) is 0 Å². The Kier molecular flexibility index (Phi) is 3.69. The topological polar surface area (TPSA) is 40.5 Å². The normalized spacial score (nSPS) is 35.5. The van der Waals surface area contributed by atoms with E-state index in [1.807, 2.05) is 24.3 Å². The number of aliphatic hydroxyl groups is 1. The minimum absolute atomic E-state index is 0.116. The number of benzene rings is 2. The highest BCUT2D eigenvalue weighted by molar-refractivity contribution is 5.72. The van der Waals surface area contributed by atoms with Crippen molar-refractivity contribution < 1.29 is 10.2 Å². The van der Waals surface area contributed by atoms with E-state index >= 15 is 0 Å². The van der Waals surface area contributed by atoms with Crippen LogP contribution in [0, 0.1) is 17.3 Å². The summed E-state index contributed by atoms with van der Waals surface area (Å²) in [5.74, 6) is 2.33. The molecule has 2 N–H and O–H groups in total. The summed E-state index contributed by atoms with van der Waals surface area (Å²) in [6.45, 7) is 2.33. The maximum absolute atomic E-state index is 10.6. The fourth-order valence-corrected chi connectivity index (χ4v) is 6.43. The Bertz CT molecular complexity index is 828. The first-order valence-corrected chi connectivity index (χ1v) is 10.2. The Morgan fingerprint density at radius 3 is 2.62 bits per heavy atom. The molecule has 0 heterocycles. The molecule has 0 aromatic heterocycles. The van der Waals surface area contributed by atoms with E-state index < -0.39 is 0 Å². The number of fused-ring (bicyclic) bond motifs is 5. The first kappa shape index (κ1) is 16.4. The smallest absolute Gasteiger partial charge is 0.123 e. The van der Waals surface area contributed by atoms with Gasteiger partial charge < -0.3 is 10.2 Å². The lowest BCUT2D eigenvalue weighted by Gasteiger charge is -2.50. The van der Waals surface area contributed by atoms with Crippen LogP contribution in [0.15, 0.2) is 42.5 Å². The molecule has 2 saturated carbocycles. The Morgan fingerprint density at radius 2 is 1.81 bits per heavy atom. The van der Waals surface area contributed by atoms with Crippen LogP contribution in [-0.4, -0.2) is 16.3 Å². The molecule has 0 aliphatic heterocycles. The van der Waals surface area contributed by atoms with Crippen molar-refractivity contribution >= 4 is 0 Å². The first-order chi connectivity index (χ1) is 12.6. The van der Waals surface area contributed by atoms with Gasteiger partial charge in [0.05, 0.1) is 6.10 Å². The predicted molar refractivity (Wildman–Crippen MR) is 104 cm³/mol. The lowest BCUT2D eigenvalue weighted by molar-refractivity contribution is -0.0226. The van der Waals surface area contributed by atoms with Gasteiger partial charge in [0.1, 0.15) is 5.75 Å². The second kappa shape index (κ2) is 5.85. The standard InChI is InChI=1S/C24H28O2/c1-24-12-11-17-18(21(24)9-10-23(24)26)8-7-16-13-22(25)20(14-19(16)17)15-5-3-2-4-6-15/h2-6,13-14,17-18,21,23,25-26H,7-12H2,1H3/t17-,18+,21-,23-,24-/m0/s1. The SMILES string of the molecule is C[C@]12CC[C@@H]3c4cc(-c5ccccc5)c(O)cc4CC[C@H]3[C@@H]1CC[C@@H]2O. The van der Waals surface area contributed by atoms with Crippen molar-refractivity contribution in [2.24, 2.45) is 17.3 Å². The highest BCUT2D eigenvalue weighted by atomic mass is 16.3. The molecule has 26 heavy (non-hydrogen) atoms. The molecule has 5 rings (SSSR count). The number of aliphatic hydroxyl groups excluding tert-OH is 1. The Labute approximate surface area is 155 Å². The molecule has 2 aromatic rings.